The first kappa shape index (κ1) is 13.5. The molecule has 4 heteroatoms. The van der Waals surface area contributed by atoms with Crippen molar-refractivity contribution in [3.63, 3.8) is 0 Å². The second kappa shape index (κ2) is 6.91. The summed E-state index contributed by atoms with van der Waals surface area (Å²) in [5, 5.41) is 0. The van der Waals surface area contributed by atoms with Crippen molar-refractivity contribution in [3.05, 3.63) is 29.8 Å². The van der Waals surface area contributed by atoms with Crippen LogP contribution in [0.25, 0.3) is 0 Å². The molecule has 1 atom stereocenters. The second-order valence-electron chi connectivity index (χ2n) is 4.00. The number of hydrogen-bond acceptors (Lipinski definition) is 4. The van der Waals surface area contributed by atoms with Gasteiger partial charge in [0, 0.05) is 6.04 Å². The molecule has 0 bridgehead atoms. The quantitative estimate of drug-likeness (QED) is 0.762. The van der Waals surface area contributed by atoms with Gasteiger partial charge >= 0.3 is 5.97 Å². The first-order valence-corrected chi connectivity index (χ1v) is 5.66. The van der Waals surface area contributed by atoms with Crippen molar-refractivity contribution in [2.24, 2.45) is 5.73 Å². The maximum atomic E-state index is 10.9. The summed E-state index contributed by atoms with van der Waals surface area (Å²) in [5.41, 5.74) is 6.89. The van der Waals surface area contributed by atoms with Gasteiger partial charge in [-0.05, 0) is 31.0 Å². The smallest absolute Gasteiger partial charge is 0.308 e. The van der Waals surface area contributed by atoms with Gasteiger partial charge in [-0.2, -0.15) is 0 Å². The van der Waals surface area contributed by atoms with E-state index >= 15 is 0 Å². The number of nitrogens with two attached hydrogens (primary N) is 1. The molecule has 0 amide bonds. The van der Waals surface area contributed by atoms with Crippen LogP contribution >= 0.6 is 0 Å². The highest BCUT2D eigenvalue weighted by Crippen LogP contribution is 2.13. The first-order chi connectivity index (χ1) is 8.11. The highest BCUT2D eigenvalue weighted by molar-refractivity contribution is 5.69. The highest BCUT2D eigenvalue weighted by atomic mass is 16.5. The molecule has 17 heavy (non-hydrogen) atoms. The van der Waals surface area contributed by atoms with Crippen molar-refractivity contribution in [2.75, 3.05) is 13.7 Å². The van der Waals surface area contributed by atoms with Gasteiger partial charge in [0.15, 0.2) is 0 Å². The molecule has 0 heterocycles. The Morgan fingerprint density at radius 3 is 2.53 bits per heavy atom. The van der Waals surface area contributed by atoms with Crippen LogP contribution in [0.1, 0.15) is 18.9 Å². The maximum absolute atomic E-state index is 10.9. The maximum Gasteiger partial charge on any atom is 0.308 e. The predicted octanol–water partition coefficient (Wildman–Crippen LogP) is 1.52. The van der Waals surface area contributed by atoms with Gasteiger partial charge in [-0.1, -0.05) is 12.1 Å². The van der Waals surface area contributed by atoms with Crippen LogP contribution in [0.5, 0.6) is 5.75 Å². The third-order valence-electron chi connectivity index (χ3n) is 2.28. The van der Waals surface area contributed by atoms with Crippen molar-refractivity contribution < 1.29 is 14.3 Å². The molecule has 0 spiro atoms. The zero-order valence-electron chi connectivity index (χ0n) is 10.3. The molecule has 1 aromatic carbocycles. The van der Waals surface area contributed by atoms with Gasteiger partial charge in [0.25, 0.3) is 0 Å². The van der Waals surface area contributed by atoms with E-state index in [2.05, 4.69) is 4.74 Å². The van der Waals surface area contributed by atoms with Gasteiger partial charge < -0.3 is 15.2 Å². The standard InChI is InChI=1S/C13H19NO3/c1-10(14)9-11-3-5-12(6-4-11)17-8-7-13(15)16-2/h3-6,10H,7-9,14H2,1-2H3. The number of carbonyl (C=O) groups excluding carboxylic acids is 1. The Balaban J connectivity index is 2.37. The van der Waals surface area contributed by atoms with E-state index in [-0.39, 0.29) is 18.4 Å². The van der Waals surface area contributed by atoms with Gasteiger partial charge in [-0.25, -0.2) is 0 Å². The van der Waals surface area contributed by atoms with Crippen molar-refractivity contribution in [1.82, 2.24) is 0 Å². The molecule has 0 saturated carbocycles. The molecule has 0 fully saturated rings. The van der Waals surface area contributed by atoms with Crippen LogP contribution in [-0.4, -0.2) is 25.7 Å². The lowest BCUT2D eigenvalue weighted by Gasteiger charge is -2.08. The fourth-order valence-corrected chi connectivity index (χ4v) is 1.45. The number of benzene rings is 1. The van der Waals surface area contributed by atoms with E-state index in [1.54, 1.807) is 0 Å². The molecule has 1 aromatic rings. The number of carbonyl (C=O) groups is 1. The lowest BCUT2D eigenvalue weighted by atomic mass is 10.1. The minimum Gasteiger partial charge on any atom is -0.493 e. The Morgan fingerprint density at radius 2 is 2.00 bits per heavy atom. The van der Waals surface area contributed by atoms with Crippen LogP contribution < -0.4 is 10.5 Å². The zero-order valence-corrected chi connectivity index (χ0v) is 10.3. The van der Waals surface area contributed by atoms with Gasteiger partial charge in [-0.3, -0.25) is 4.79 Å². The van der Waals surface area contributed by atoms with Crippen LogP contribution in [0.15, 0.2) is 24.3 Å². The van der Waals surface area contributed by atoms with E-state index in [0.717, 1.165) is 12.2 Å². The Bertz CT molecular complexity index is 346. The molecule has 1 rings (SSSR count). The van der Waals surface area contributed by atoms with Gasteiger partial charge in [0.1, 0.15) is 5.75 Å². The summed E-state index contributed by atoms with van der Waals surface area (Å²) in [5.74, 6) is 0.487. The van der Waals surface area contributed by atoms with E-state index in [0.29, 0.717) is 6.61 Å². The summed E-state index contributed by atoms with van der Waals surface area (Å²) in [7, 11) is 1.37. The predicted molar refractivity (Wildman–Crippen MR) is 65.9 cm³/mol. The van der Waals surface area contributed by atoms with Crippen molar-refractivity contribution in [2.45, 2.75) is 25.8 Å². The summed E-state index contributed by atoms with van der Waals surface area (Å²) < 4.78 is 9.92. The molecular weight excluding hydrogens is 218 g/mol. The fourth-order valence-electron chi connectivity index (χ4n) is 1.45. The van der Waals surface area contributed by atoms with Gasteiger partial charge in [0.2, 0.25) is 0 Å². The largest absolute Gasteiger partial charge is 0.493 e. The summed E-state index contributed by atoms with van der Waals surface area (Å²) in [6.45, 7) is 2.31. The van der Waals surface area contributed by atoms with E-state index in [1.807, 2.05) is 31.2 Å². The lowest BCUT2D eigenvalue weighted by Crippen LogP contribution is -2.17. The molecule has 0 aliphatic rings. The van der Waals surface area contributed by atoms with Crippen molar-refractivity contribution in [3.8, 4) is 5.75 Å². The highest BCUT2D eigenvalue weighted by Gasteiger charge is 2.01. The number of rotatable bonds is 6. The SMILES string of the molecule is COC(=O)CCOc1ccc(CC(C)N)cc1. The van der Waals surface area contributed by atoms with Crippen LogP contribution in [0.2, 0.25) is 0 Å². The summed E-state index contributed by atoms with van der Waals surface area (Å²) in [4.78, 5) is 10.9. The number of esters is 1. The monoisotopic (exact) mass is 237 g/mol. The lowest BCUT2D eigenvalue weighted by molar-refractivity contribution is -0.141. The van der Waals surface area contributed by atoms with Crippen LogP contribution in [0.4, 0.5) is 0 Å². The van der Waals surface area contributed by atoms with E-state index in [9.17, 15) is 4.79 Å². The first-order valence-electron chi connectivity index (χ1n) is 5.66. The van der Waals surface area contributed by atoms with Crippen LogP contribution in [0, 0.1) is 0 Å². The average Bonchev–Trinajstić information content (AvgIpc) is 2.30. The Kier molecular flexibility index (Phi) is 5.49. The Morgan fingerprint density at radius 1 is 1.35 bits per heavy atom. The number of hydrogen-bond donors (Lipinski definition) is 1. The molecule has 0 aromatic heterocycles. The molecule has 0 aliphatic heterocycles. The third-order valence-corrected chi connectivity index (χ3v) is 2.28. The molecule has 2 N–H and O–H groups in total. The van der Waals surface area contributed by atoms with Crippen LogP contribution in [-0.2, 0) is 16.0 Å². The minimum absolute atomic E-state index is 0.154. The number of ether oxygens (including phenoxy) is 2. The Labute approximate surface area is 102 Å². The van der Waals surface area contributed by atoms with Crippen molar-refractivity contribution in [1.29, 1.82) is 0 Å². The van der Waals surface area contributed by atoms with Crippen LogP contribution in [0.3, 0.4) is 0 Å². The van der Waals surface area contributed by atoms with Gasteiger partial charge in [0.05, 0.1) is 20.1 Å². The molecule has 0 radical (unpaired) electrons. The molecule has 1 unspecified atom stereocenters. The third kappa shape index (κ3) is 5.36. The minimum atomic E-state index is -0.265. The Hall–Kier alpha value is -1.55. The molecule has 94 valence electrons. The molecule has 4 nitrogen and oxygen atoms in total. The van der Waals surface area contributed by atoms with E-state index in [4.69, 9.17) is 10.5 Å². The normalized spacial score (nSPS) is 11.9. The summed E-state index contributed by atoms with van der Waals surface area (Å²) in [6, 6.07) is 7.89. The fraction of sp³-hybridized carbons (Fsp3) is 0.462. The van der Waals surface area contributed by atoms with Gasteiger partial charge in [-0.15, -0.1) is 0 Å². The summed E-state index contributed by atoms with van der Waals surface area (Å²) in [6.07, 6.45) is 1.11. The van der Waals surface area contributed by atoms with E-state index in [1.165, 1.54) is 12.7 Å². The summed E-state index contributed by atoms with van der Waals surface area (Å²) >= 11 is 0. The molecular formula is C13H19NO3. The number of methoxy groups -OCH3 is 1. The van der Waals surface area contributed by atoms with E-state index < -0.39 is 0 Å². The molecule has 0 aliphatic carbocycles. The second-order valence-corrected chi connectivity index (χ2v) is 4.00. The topological polar surface area (TPSA) is 61.5 Å². The zero-order chi connectivity index (χ0) is 12.7. The molecule has 0 saturated heterocycles. The average molecular weight is 237 g/mol. The van der Waals surface area contributed by atoms with Crippen molar-refractivity contribution >= 4 is 5.97 Å².